The summed E-state index contributed by atoms with van der Waals surface area (Å²) >= 11 is 0. The molecule has 2 nitrogen and oxygen atoms in total. The predicted molar refractivity (Wildman–Crippen MR) is 44.1 cm³/mol. The van der Waals surface area contributed by atoms with E-state index in [0.29, 0.717) is 5.76 Å². The zero-order chi connectivity index (χ0) is 7.98. The molecule has 0 atom stereocenters. The molecule has 0 aromatic heterocycles. The fraction of sp³-hybridized carbons (Fsp3) is 0.375. The van der Waals surface area contributed by atoms with Crippen LogP contribution in [0.2, 0.25) is 0 Å². The van der Waals surface area contributed by atoms with Gasteiger partial charge in [-0.2, -0.15) is 0 Å². The lowest BCUT2D eigenvalue weighted by Gasteiger charge is -2.01. The minimum Gasteiger partial charge on any atom is -0.461 e. The van der Waals surface area contributed by atoms with Crippen LogP contribution in [0.1, 0.15) is 13.8 Å². The highest BCUT2D eigenvalue weighted by atomic mass is 16.5. The van der Waals surface area contributed by atoms with Gasteiger partial charge in [0.15, 0.2) is 0 Å². The van der Waals surface area contributed by atoms with Crippen molar-refractivity contribution in [3.05, 3.63) is 24.2 Å². The van der Waals surface area contributed by atoms with Gasteiger partial charge in [0.1, 0.15) is 5.76 Å². The third-order valence-electron chi connectivity index (χ3n) is 0.972. The van der Waals surface area contributed by atoms with Gasteiger partial charge in [-0.05, 0) is 19.9 Å². The van der Waals surface area contributed by atoms with Gasteiger partial charge in [-0.3, -0.25) is 4.99 Å². The summed E-state index contributed by atoms with van der Waals surface area (Å²) in [6.07, 6.45) is 3.45. The van der Waals surface area contributed by atoms with Gasteiger partial charge >= 0.3 is 0 Å². The molecule has 0 radical (unpaired) electrons. The highest BCUT2D eigenvalue weighted by Crippen LogP contribution is 2.00. The number of hydrogen-bond acceptors (Lipinski definition) is 2. The molecule has 0 fully saturated rings. The summed E-state index contributed by atoms with van der Waals surface area (Å²) in [5, 5.41) is 0. The van der Waals surface area contributed by atoms with Crippen molar-refractivity contribution in [3.8, 4) is 0 Å². The molecule has 0 N–H and O–H groups in total. The molecule has 2 heteroatoms. The molecule has 0 saturated carbocycles. The van der Waals surface area contributed by atoms with Crippen LogP contribution in [-0.2, 0) is 4.74 Å². The lowest BCUT2D eigenvalue weighted by Crippen LogP contribution is -1.88. The number of allylic oxidation sites excluding steroid dienone is 3. The zero-order valence-electron chi connectivity index (χ0n) is 6.72. The number of nitrogens with zero attached hydrogens (tertiary/aromatic N) is 1. The normalized spacial score (nSPS) is 12.1. The van der Waals surface area contributed by atoms with E-state index in [9.17, 15) is 0 Å². The minimum atomic E-state index is 0.568. The first-order valence-corrected chi connectivity index (χ1v) is 3.12. The summed E-state index contributed by atoms with van der Waals surface area (Å²) in [5.74, 6) is 1.41. The van der Waals surface area contributed by atoms with Crippen LogP contribution < -0.4 is 0 Å². The molecule has 0 bridgehead atoms. The van der Waals surface area contributed by atoms with Gasteiger partial charge in [-0.1, -0.05) is 6.58 Å². The predicted octanol–water partition coefficient (Wildman–Crippen LogP) is 2.14. The number of rotatable bonds is 3. The van der Waals surface area contributed by atoms with Crippen molar-refractivity contribution < 1.29 is 4.74 Å². The van der Waals surface area contributed by atoms with E-state index >= 15 is 0 Å². The van der Waals surface area contributed by atoms with E-state index in [4.69, 9.17) is 4.74 Å². The number of ether oxygens (including phenoxy) is 1. The first-order chi connectivity index (χ1) is 4.70. The Bertz CT molecular complexity index is 168. The maximum atomic E-state index is 5.16. The monoisotopic (exact) mass is 139 g/mol. The van der Waals surface area contributed by atoms with Gasteiger partial charge in [0.05, 0.1) is 12.0 Å². The maximum Gasteiger partial charge on any atom is 0.137 e. The fourth-order valence-corrected chi connectivity index (χ4v) is 0.436. The average molecular weight is 139 g/mol. The minimum absolute atomic E-state index is 0.568. The quantitative estimate of drug-likeness (QED) is 0.433. The van der Waals surface area contributed by atoms with Gasteiger partial charge in [0, 0.05) is 7.05 Å². The second-order valence-corrected chi connectivity index (χ2v) is 1.85. The van der Waals surface area contributed by atoms with Crippen LogP contribution in [0.25, 0.3) is 0 Å². The Kier molecular flexibility index (Phi) is 4.29. The summed E-state index contributed by atoms with van der Waals surface area (Å²) in [5.41, 5.74) is 0. The van der Waals surface area contributed by atoms with Crippen LogP contribution in [0.4, 0.5) is 0 Å². The first-order valence-electron chi connectivity index (χ1n) is 3.12. The zero-order valence-corrected chi connectivity index (χ0v) is 6.72. The van der Waals surface area contributed by atoms with Gasteiger partial charge < -0.3 is 4.74 Å². The Hall–Kier alpha value is -1.05. The third-order valence-corrected chi connectivity index (χ3v) is 0.972. The van der Waals surface area contributed by atoms with Crippen molar-refractivity contribution in [1.82, 2.24) is 0 Å². The maximum absolute atomic E-state index is 5.16. The molecular formula is C8H13NO. The Labute approximate surface area is 61.9 Å². The lowest BCUT2D eigenvalue weighted by molar-refractivity contribution is 0.333. The molecule has 10 heavy (non-hydrogen) atoms. The average Bonchev–Trinajstić information content (AvgIpc) is 1.88. The Morgan fingerprint density at radius 3 is 2.60 bits per heavy atom. The first kappa shape index (κ1) is 8.95. The fourth-order valence-electron chi connectivity index (χ4n) is 0.436. The molecule has 0 heterocycles. The van der Waals surface area contributed by atoms with Gasteiger partial charge in [-0.25, -0.2) is 0 Å². The Morgan fingerprint density at radius 1 is 1.60 bits per heavy atom. The van der Waals surface area contributed by atoms with Crippen molar-refractivity contribution in [3.63, 3.8) is 0 Å². The van der Waals surface area contributed by atoms with E-state index in [1.165, 1.54) is 0 Å². The van der Waals surface area contributed by atoms with Crippen LogP contribution >= 0.6 is 0 Å². The van der Waals surface area contributed by atoms with Crippen LogP contribution in [0.3, 0.4) is 0 Å². The molecule has 0 unspecified atom stereocenters. The molecule has 0 aliphatic rings. The van der Waals surface area contributed by atoms with E-state index in [2.05, 4.69) is 11.6 Å². The lowest BCUT2D eigenvalue weighted by atomic mass is 10.5. The highest BCUT2D eigenvalue weighted by molar-refractivity contribution is 5.74. The summed E-state index contributed by atoms with van der Waals surface area (Å²) in [7, 11) is 1.68. The number of aliphatic imine (C=N–C) groups is 1. The molecule has 0 spiro atoms. The Balaban J connectivity index is 3.80. The molecule has 0 aliphatic heterocycles. The molecule has 0 aromatic carbocycles. The molecular weight excluding hydrogens is 126 g/mol. The standard InChI is InChI=1S/C8H13NO/c1-5-7(2)10-8(3)6-9-4/h5-6H,3H2,1-2,4H3/b7-5+,9-6-. The summed E-state index contributed by atoms with van der Waals surface area (Å²) in [6.45, 7) is 7.40. The SMILES string of the molecule is C=C(/C=N\C)O/C(C)=C/C. The second kappa shape index (κ2) is 4.79. The van der Waals surface area contributed by atoms with Gasteiger partial charge in [0.25, 0.3) is 0 Å². The Morgan fingerprint density at radius 2 is 2.20 bits per heavy atom. The van der Waals surface area contributed by atoms with Gasteiger partial charge in [0.2, 0.25) is 0 Å². The van der Waals surface area contributed by atoms with Crippen molar-refractivity contribution >= 4 is 6.21 Å². The van der Waals surface area contributed by atoms with E-state index in [-0.39, 0.29) is 0 Å². The van der Waals surface area contributed by atoms with Crippen LogP contribution in [0.15, 0.2) is 29.2 Å². The van der Waals surface area contributed by atoms with Crippen molar-refractivity contribution in [1.29, 1.82) is 0 Å². The number of hydrogen-bond donors (Lipinski definition) is 0. The van der Waals surface area contributed by atoms with Gasteiger partial charge in [-0.15, -0.1) is 0 Å². The summed E-state index contributed by atoms with van der Waals surface area (Å²) in [6, 6.07) is 0. The molecule has 0 saturated heterocycles. The largest absolute Gasteiger partial charge is 0.461 e. The van der Waals surface area contributed by atoms with E-state index in [1.54, 1.807) is 13.3 Å². The molecule has 56 valence electrons. The van der Waals surface area contributed by atoms with E-state index in [1.807, 2.05) is 19.9 Å². The van der Waals surface area contributed by atoms with Crippen LogP contribution in [0.5, 0.6) is 0 Å². The highest BCUT2D eigenvalue weighted by Gasteiger charge is 1.88. The smallest absolute Gasteiger partial charge is 0.137 e. The van der Waals surface area contributed by atoms with E-state index in [0.717, 1.165) is 5.76 Å². The molecule has 0 amide bonds. The van der Waals surface area contributed by atoms with Crippen molar-refractivity contribution in [2.45, 2.75) is 13.8 Å². The van der Waals surface area contributed by atoms with E-state index < -0.39 is 0 Å². The van der Waals surface area contributed by atoms with Crippen LogP contribution in [-0.4, -0.2) is 13.3 Å². The van der Waals surface area contributed by atoms with Crippen molar-refractivity contribution in [2.75, 3.05) is 7.05 Å². The summed E-state index contributed by atoms with van der Waals surface area (Å²) < 4.78 is 5.16. The molecule has 0 rings (SSSR count). The summed E-state index contributed by atoms with van der Waals surface area (Å²) in [4.78, 5) is 3.75. The third kappa shape index (κ3) is 3.89. The molecule has 0 aliphatic carbocycles. The molecule has 0 aromatic rings. The topological polar surface area (TPSA) is 21.6 Å². The van der Waals surface area contributed by atoms with Crippen LogP contribution in [0, 0.1) is 0 Å². The van der Waals surface area contributed by atoms with Crippen molar-refractivity contribution in [2.24, 2.45) is 4.99 Å². The second-order valence-electron chi connectivity index (χ2n) is 1.85.